The highest BCUT2D eigenvalue weighted by Gasteiger charge is 2.47. The van der Waals surface area contributed by atoms with Crippen LogP contribution in [0.15, 0.2) is 72.6 Å². The molecule has 7 nitrogen and oxygen atoms in total. The minimum absolute atomic E-state index is 0.00801. The van der Waals surface area contributed by atoms with Gasteiger partial charge in [-0.25, -0.2) is 0 Å². The van der Waals surface area contributed by atoms with Gasteiger partial charge >= 0.3 is 0 Å². The number of nitrogens with zero attached hydrogens (tertiary/aromatic N) is 3. The summed E-state index contributed by atoms with van der Waals surface area (Å²) in [5.74, 6) is -0.973. The Kier molecular flexibility index (Phi) is 6.69. The van der Waals surface area contributed by atoms with Gasteiger partial charge in [0.15, 0.2) is 0 Å². The van der Waals surface area contributed by atoms with Gasteiger partial charge in [0.1, 0.15) is 17.6 Å². The predicted octanol–water partition coefficient (Wildman–Crippen LogP) is 4.79. The minimum atomic E-state index is -0.845. The Morgan fingerprint density at radius 3 is 2.34 bits per heavy atom. The van der Waals surface area contributed by atoms with E-state index in [0.29, 0.717) is 29.3 Å². The highest BCUT2D eigenvalue weighted by Crippen LogP contribution is 2.41. The van der Waals surface area contributed by atoms with Crippen molar-refractivity contribution in [2.45, 2.75) is 45.7 Å². The molecule has 1 amide bonds. The number of hydrogen-bond acceptors (Lipinski definition) is 6. The molecule has 1 fully saturated rings. The summed E-state index contributed by atoms with van der Waals surface area (Å²) in [5, 5.41) is 11.4. The zero-order valence-electron chi connectivity index (χ0n) is 20.4. The highest BCUT2D eigenvalue weighted by atomic mass is 16.5. The van der Waals surface area contributed by atoms with Gasteiger partial charge in [-0.3, -0.25) is 19.6 Å². The van der Waals surface area contributed by atoms with Crippen LogP contribution in [0, 0.1) is 0 Å². The molecule has 1 unspecified atom stereocenters. The van der Waals surface area contributed by atoms with Gasteiger partial charge in [0.2, 0.25) is 0 Å². The normalized spacial score (nSPS) is 17.6. The maximum absolute atomic E-state index is 13.3. The minimum Gasteiger partial charge on any atom is -0.507 e. The van der Waals surface area contributed by atoms with Crippen LogP contribution in [0.1, 0.15) is 56.3 Å². The van der Waals surface area contributed by atoms with Gasteiger partial charge in [0.05, 0.1) is 30.1 Å². The molecule has 35 heavy (non-hydrogen) atoms. The number of pyridine rings is 2. The number of aromatic nitrogens is 2. The Hall–Kier alpha value is -4.00. The molecule has 4 rings (SSSR count). The fourth-order valence-electron chi connectivity index (χ4n) is 4.25. The number of Topliss-reactive ketones (excluding diaryl/α,β-unsaturated/α-hetero) is 1. The molecule has 0 radical (unpaired) electrons. The lowest BCUT2D eigenvalue weighted by molar-refractivity contribution is -0.140. The smallest absolute Gasteiger partial charge is 0.296 e. The third-order valence-corrected chi connectivity index (χ3v) is 5.93. The zero-order valence-corrected chi connectivity index (χ0v) is 20.4. The standard InChI is InChI=1S/C28H29N3O4/c1-5-35-22-13-12-18(16-20(22)28(2,3)4)25(32)23-24(21-11-7-9-15-30-21)31(27(34)26(23)33)17-19-10-6-8-14-29-19/h6-16,24,32H,5,17H2,1-4H3/b25-23-. The maximum Gasteiger partial charge on any atom is 0.296 e. The summed E-state index contributed by atoms with van der Waals surface area (Å²) in [6, 6.07) is 15.2. The van der Waals surface area contributed by atoms with Crippen LogP contribution in [0.25, 0.3) is 5.76 Å². The third kappa shape index (κ3) is 4.80. The number of aliphatic hydroxyl groups excluding tert-OH is 1. The first kappa shape index (κ1) is 24.1. The van der Waals surface area contributed by atoms with Crippen molar-refractivity contribution in [1.82, 2.24) is 14.9 Å². The van der Waals surface area contributed by atoms with Crippen LogP contribution in [0.5, 0.6) is 5.75 Å². The van der Waals surface area contributed by atoms with E-state index in [1.54, 1.807) is 54.9 Å². The Balaban J connectivity index is 1.87. The molecule has 1 N–H and O–H groups in total. The first-order chi connectivity index (χ1) is 16.7. The number of aliphatic hydroxyl groups is 1. The number of amides is 1. The van der Waals surface area contributed by atoms with Gasteiger partial charge in [-0.15, -0.1) is 0 Å². The number of carbonyl (C=O) groups is 2. The molecule has 1 aliphatic heterocycles. The molecular weight excluding hydrogens is 442 g/mol. The Morgan fingerprint density at radius 2 is 1.74 bits per heavy atom. The summed E-state index contributed by atoms with van der Waals surface area (Å²) in [5.41, 5.74) is 2.19. The van der Waals surface area contributed by atoms with Crippen molar-refractivity contribution in [3.05, 3.63) is 95.1 Å². The van der Waals surface area contributed by atoms with Crippen molar-refractivity contribution in [2.24, 2.45) is 0 Å². The number of ether oxygens (including phenoxy) is 1. The van der Waals surface area contributed by atoms with Crippen molar-refractivity contribution in [3.8, 4) is 5.75 Å². The second-order valence-corrected chi connectivity index (χ2v) is 9.40. The van der Waals surface area contributed by atoms with E-state index >= 15 is 0 Å². The van der Waals surface area contributed by atoms with E-state index in [4.69, 9.17) is 4.74 Å². The average Bonchev–Trinajstić information content (AvgIpc) is 3.09. The molecule has 0 spiro atoms. The molecule has 3 aromatic rings. The first-order valence-electron chi connectivity index (χ1n) is 11.6. The fourth-order valence-corrected chi connectivity index (χ4v) is 4.25. The van der Waals surface area contributed by atoms with Gasteiger partial charge in [-0.2, -0.15) is 0 Å². The summed E-state index contributed by atoms with van der Waals surface area (Å²) >= 11 is 0. The molecule has 0 aliphatic carbocycles. The van der Waals surface area contributed by atoms with Gasteiger partial charge in [-0.05, 0) is 54.8 Å². The summed E-state index contributed by atoms with van der Waals surface area (Å²) in [7, 11) is 0. The molecule has 3 heterocycles. The summed E-state index contributed by atoms with van der Waals surface area (Å²) in [4.78, 5) is 36.6. The Morgan fingerprint density at radius 1 is 1.03 bits per heavy atom. The number of rotatable bonds is 6. The monoisotopic (exact) mass is 471 g/mol. The van der Waals surface area contributed by atoms with Crippen molar-refractivity contribution in [3.63, 3.8) is 0 Å². The average molecular weight is 472 g/mol. The van der Waals surface area contributed by atoms with E-state index in [1.807, 2.05) is 39.8 Å². The molecule has 0 bridgehead atoms. The van der Waals surface area contributed by atoms with E-state index < -0.39 is 17.7 Å². The topological polar surface area (TPSA) is 92.6 Å². The van der Waals surface area contributed by atoms with Crippen LogP contribution in [-0.2, 0) is 21.5 Å². The molecule has 1 saturated heterocycles. The number of hydrogen-bond donors (Lipinski definition) is 1. The zero-order chi connectivity index (χ0) is 25.2. The maximum atomic E-state index is 13.3. The SMILES string of the molecule is CCOc1ccc(/C(O)=C2/C(=O)C(=O)N(Cc3ccccn3)C2c2ccccn2)cc1C(C)(C)C. The van der Waals surface area contributed by atoms with Crippen LogP contribution in [0.3, 0.4) is 0 Å². The van der Waals surface area contributed by atoms with Crippen LogP contribution in [0.2, 0.25) is 0 Å². The molecule has 0 saturated carbocycles. The highest BCUT2D eigenvalue weighted by molar-refractivity contribution is 6.46. The van der Waals surface area contributed by atoms with Crippen molar-refractivity contribution in [2.75, 3.05) is 6.61 Å². The molecule has 180 valence electrons. The lowest BCUT2D eigenvalue weighted by atomic mass is 9.84. The molecule has 7 heteroatoms. The fraction of sp³-hybridized carbons (Fsp3) is 0.286. The number of likely N-dealkylation sites (tertiary alicyclic amines) is 1. The van der Waals surface area contributed by atoms with E-state index in [-0.39, 0.29) is 23.3 Å². The van der Waals surface area contributed by atoms with E-state index in [2.05, 4.69) is 9.97 Å². The van der Waals surface area contributed by atoms with Gasteiger partial charge in [-0.1, -0.05) is 32.9 Å². The lowest BCUT2D eigenvalue weighted by Gasteiger charge is -2.25. The summed E-state index contributed by atoms with van der Waals surface area (Å²) < 4.78 is 5.79. The Labute approximate surface area is 205 Å². The summed E-state index contributed by atoms with van der Waals surface area (Å²) in [6.07, 6.45) is 3.24. The largest absolute Gasteiger partial charge is 0.507 e. The second-order valence-electron chi connectivity index (χ2n) is 9.40. The molecule has 1 aliphatic rings. The van der Waals surface area contributed by atoms with E-state index in [9.17, 15) is 14.7 Å². The quantitative estimate of drug-likeness (QED) is 0.316. The van der Waals surface area contributed by atoms with Gasteiger partial charge < -0.3 is 14.7 Å². The van der Waals surface area contributed by atoms with Crippen molar-refractivity contribution in [1.29, 1.82) is 0 Å². The van der Waals surface area contributed by atoms with Crippen molar-refractivity contribution < 1.29 is 19.4 Å². The molecule has 2 aromatic heterocycles. The second kappa shape index (κ2) is 9.70. The van der Waals surface area contributed by atoms with Crippen LogP contribution >= 0.6 is 0 Å². The van der Waals surface area contributed by atoms with Crippen LogP contribution in [-0.4, -0.2) is 38.3 Å². The summed E-state index contributed by atoms with van der Waals surface area (Å²) in [6.45, 7) is 8.68. The Bertz CT molecular complexity index is 1260. The lowest BCUT2D eigenvalue weighted by Crippen LogP contribution is -2.29. The van der Waals surface area contributed by atoms with E-state index in [1.165, 1.54) is 4.90 Å². The molecule has 1 aromatic carbocycles. The number of carbonyl (C=O) groups excluding carboxylic acids is 2. The predicted molar refractivity (Wildman–Crippen MR) is 133 cm³/mol. The first-order valence-corrected chi connectivity index (χ1v) is 11.6. The van der Waals surface area contributed by atoms with E-state index in [0.717, 1.165) is 5.56 Å². The number of benzene rings is 1. The van der Waals surface area contributed by atoms with Crippen LogP contribution < -0.4 is 4.74 Å². The number of ketones is 1. The third-order valence-electron chi connectivity index (χ3n) is 5.93. The van der Waals surface area contributed by atoms with Crippen LogP contribution in [0.4, 0.5) is 0 Å². The molecular formula is C28H29N3O4. The van der Waals surface area contributed by atoms with Gasteiger partial charge in [0.25, 0.3) is 11.7 Å². The van der Waals surface area contributed by atoms with Crippen molar-refractivity contribution >= 4 is 17.4 Å². The molecule has 1 atom stereocenters. The van der Waals surface area contributed by atoms with Gasteiger partial charge in [0, 0.05) is 23.5 Å².